The van der Waals surface area contributed by atoms with Gasteiger partial charge >= 0.3 is 5.69 Å². The Hall–Kier alpha value is -7.75. The Balaban J connectivity index is 0.000000166. The molecule has 0 spiro atoms. The molecule has 0 amide bonds. The lowest BCUT2D eigenvalue weighted by atomic mass is 10.3. The summed E-state index contributed by atoms with van der Waals surface area (Å²) in [4.78, 5) is 59.2. The van der Waals surface area contributed by atoms with Crippen LogP contribution in [0.2, 0.25) is 5.28 Å². The minimum Gasteiger partial charge on any atom is -0.422 e. The molecule has 0 bridgehead atoms. The molecule has 0 aliphatic rings. The average Bonchev–Trinajstić information content (AvgIpc) is 4.13. The molecule has 7 N–H and O–H groups in total. The van der Waals surface area contributed by atoms with Crippen LogP contribution >= 0.6 is 11.6 Å². The second-order valence-electron chi connectivity index (χ2n) is 14.8. The second kappa shape index (κ2) is 20.4. The van der Waals surface area contributed by atoms with Crippen molar-refractivity contribution in [3.05, 3.63) is 147 Å². The first kappa shape index (κ1) is 43.5. The van der Waals surface area contributed by atoms with E-state index in [-0.39, 0.29) is 41.2 Å². The average molecular weight is 915 g/mol. The van der Waals surface area contributed by atoms with Crippen LogP contribution in [-0.2, 0) is 38.8 Å². The zero-order valence-electron chi connectivity index (χ0n) is 35.0. The standard InChI is InChI=1S/C22H20ClFN8O.C22H21FN8O2/c23-22-31-20(27-12-16-13(24)4-3-9-26-16)19-21(32-22)33-18(30-19)8-11-25-10-7-17-28-14-5-1-2-6-15(14)29-17;23-13-4-3-9-25-16(13)12-26-20-19-21(31-22(32)30-20)33-18(29-19)8-11-24-10-7-17-27-14-5-1-2-6-15(14)28-17/h1-6,9,25H,7-8,10-12H2,(H,28,29)(H,27,31,32);1-6,9,24H,7-8,10-12H2,(H,27,28)(H2,26,30,31,32). The first-order valence-electron chi connectivity index (χ1n) is 21.0. The number of hydrogen-bond donors (Lipinski definition) is 7. The summed E-state index contributed by atoms with van der Waals surface area (Å²) in [5, 5.41) is 12.7. The Morgan fingerprint density at radius 1 is 0.561 bits per heavy atom. The van der Waals surface area contributed by atoms with Crippen LogP contribution in [0, 0.1) is 11.6 Å². The van der Waals surface area contributed by atoms with Gasteiger partial charge in [0, 0.05) is 64.3 Å². The number of aromatic amines is 3. The van der Waals surface area contributed by atoms with E-state index in [4.69, 9.17) is 20.4 Å². The van der Waals surface area contributed by atoms with Crippen LogP contribution in [0.25, 0.3) is 44.5 Å². The van der Waals surface area contributed by atoms with Crippen molar-refractivity contribution in [2.45, 2.75) is 38.8 Å². The van der Waals surface area contributed by atoms with Crippen molar-refractivity contribution < 1.29 is 17.6 Å². The predicted molar refractivity (Wildman–Crippen MR) is 243 cm³/mol. The van der Waals surface area contributed by atoms with Gasteiger partial charge in [0.05, 0.1) is 46.5 Å². The van der Waals surface area contributed by atoms with Crippen LogP contribution in [-0.4, -0.2) is 86.0 Å². The molecular weight excluding hydrogens is 874 g/mol. The van der Waals surface area contributed by atoms with Gasteiger partial charge in [-0.3, -0.25) is 15.0 Å². The van der Waals surface area contributed by atoms with Crippen LogP contribution < -0.4 is 27.0 Å². The quantitative estimate of drug-likeness (QED) is 0.0386. The number of anilines is 2. The number of imidazole rings is 2. The minimum atomic E-state index is -0.585. The van der Waals surface area contributed by atoms with Gasteiger partial charge in [0.2, 0.25) is 5.28 Å². The first-order chi connectivity index (χ1) is 32.3. The van der Waals surface area contributed by atoms with Gasteiger partial charge < -0.3 is 40.1 Å². The highest BCUT2D eigenvalue weighted by atomic mass is 35.5. The van der Waals surface area contributed by atoms with Crippen LogP contribution in [0.15, 0.2) is 98.8 Å². The zero-order chi connectivity index (χ0) is 45.2. The fourth-order valence-corrected chi connectivity index (χ4v) is 7.08. The van der Waals surface area contributed by atoms with E-state index in [1.165, 1.54) is 36.7 Å². The summed E-state index contributed by atoms with van der Waals surface area (Å²) in [6.45, 7) is 2.99. The van der Waals surface area contributed by atoms with Crippen molar-refractivity contribution in [1.29, 1.82) is 0 Å². The van der Waals surface area contributed by atoms with E-state index >= 15 is 0 Å². The van der Waals surface area contributed by atoms with Crippen LogP contribution in [0.3, 0.4) is 0 Å². The van der Waals surface area contributed by atoms with E-state index in [0.29, 0.717) is 60.4 Å². The van der Waals surface area contributed by atoms with Crippen LogP contribution in [0.4, 0.5) is 20.4 Å². The molecular formula is C44H41ClF2N16O3. The van der Waals surface area contributed by atoms with E-state index in [0.717, 1.165) is 59.6 Å². The van der Waals surface area contributed by atoms with Gasteiger partial charge in [0.25, 0.3) is 11.4 Å². The molecule has 0 aliphatic carbocycles. The normalized spacial score (nSPS) is 11.4. The third kappa shape index (κ3) is 10.8. The van der Waals surface area contributed by atoms with Gasteiger partial charge in [-0.1, -0.05) is 24.3 Å². The smallest absolute Gasteiger partial charge is 0.349 e. The fourth-order valence-electron chi connectivity index (χ4n) is 6.92. The summed E-state index contributed by atoms with van der Waals surface area (Å²) < 4.78 is 39.0. The molecule has 0 saturated carbocycles. The SMILES string of the molecule is Fc1cccnc1CNc1nc(Cl)nc2oc(CCNCCc3nc4ccccc4[nH]3)nc12.O=c1nc2oc(CCNCCc3nc4ccccc4[nH]3)nc2c(NCc2ncccc2F)[nH]1. The van der Waals surface area contributed by atoms with Gasteiger partial charge in [0.15, 0.2) is 28.6 Å². The number of hydrogen-bond acceptors (Lipinski definition) is 16. The number of pyridine rings is 2. The summed E-state index contributed by atoms with van der Waals surface area (Å²) in [5.74, 6) is 2.64. The molecule has 336 valence electrons. The van der Waals surface area contributed by atoms with Crippen molar-refractivity contribution in [2.24, 2.45) is 0 Å². The molecule has 8 heterocycles. The summed E-state index contributed by atoms with van der Waals surface area (Å²) >= 11 is 6.02. The Kier molecular flexibility index (Phi) is 13.4. The third-order valence-corrected chi connectivity index (χ3v) is 10.3. The van der Waals surface area contributed by atoms with Crippen molar-refractivity contribution in [3.8, 4) is 0 Å². The monoisotopic (exact) mass is 914 g/mol. The maximum atomic E-state index is 13.8. The second-order valence-corrected chi connectivity index (χ2v) is 15.1. The molecule has 0 atom stereocenters. The van der Waals surface area contributed by atoms with E-state index in [2.05, 4.69) is 81.1 Å². The Labute approximate surface area is 377 Å². The van der Waals surface area contributed by atoms with Crippen LogP contribution in [0.1, 0.15) is 34.8 Å². The number of halogens is 3. The van der Waals surface area contributed by atoms with Crippen molar-refractivity contribution in [2.75, 3.05) is 36.8 Å². The van der Waals surface area contributed by atoms with Gasteiger partial charge in [0.1, 0.15) is 29.1 Å². The molecule has 10 aromatic rings. The van der Waals surface area contributed by atoms with E-state index in [9.17, 15) is 13.6 Å². The molecule has 22 heteroatoms. The summed E-state index contributed by atoms with van der Waals surface area (Å²) in [7, 11) is 0. The minimum absolute atomic E-state index is 0.0122. The lowest BCUT2D eigenvalue weighted by Crippen LogP contribution is -2.20. The highest BCUT2D eigenvalue weighted by Crippen LogP contribution is 2.24. The fraction of sp³-hybridized carbons (Fsp3) is 0.227. The lowest BCUT2D eigenvalue weighted by molar-refractivity contribution is 0.507. The highest BCUT2D eigenvalue weighted by molar-refractivity contribution is 6.28. The molecule has 19 nitrogen and oxygen atoms in total. The molecule has 10 rings (SSSR count). The number of benzene rings is 2. The van der Waals surface area contributed by atoms with Gasteiger partial charge in [-0.2, -0.15) is 15.0 Å². The Bertz CT molecular complexity index is 3230. The van der Waals surface area contributed by atoms with Gasteiger partial charge in [-0.25, -0.2) is 33.5 Å². The molecule has 8 aromatic heterocycles. The highest BCUT2D eigenvalue weighted by Gasteiger charge is 2.17. The number of nitrogens with one attached hydrogen (secondary N) is 7. The summed E-state index contributed by atoms with van der Waals surface area (Å²) in [6.07, 6.45) is 5.64. The summed E-state index contributed by atoms with van der Waals surface area (Å²) in [6, 6.07) is 21.6. The lowest BCUT2D eigenvalue weighted by Gasteiger charge is -2.06. The zero-order valence-corrected chi connectivity index (χ0v) is 35.8. The number of H-pyrrole nitrogens is 3. The largest absolute Gasteiger partial charge is 0.422 e. The number of aromatic nitrogens is 12. The topological polar surface area (TPSA) is 255 Å². The van der Waals surface area contributed by atoms with E-state index in [1.807, 2.05) is 48.5 Å². The molecule has 0 fully saturated rings. The Morgan fingerprint density at radius 2 is 1.09 bits per heavy atom. The Morgan fingerprint density at radius 3 is 1.67 bits per heavy atom. The molecule has 2 aromatic carbocycles. The number of fused-ring (bicyclic) bond motifs is 4. The number of para-hydroxylation sites is 4. The molecule has 0 aliphatic heterocycles. The van der Waals surface area contributed by atoms with Crippen molar-refractivity contribution in [1.82, 2.24) is 70.4 Å². The first-order valence-corrected chi connectivity index (χ1v) is 21.4. The maximum absolute atomic E-state index is 13.8. The molecule has 66 heavy (non-hydrogen) atoms. The van der Waals surface area contributed by atoms with Crippen molar-refractivity contribution in [3.63, 3.8) is 0 Å². The number of rotatable bonds is 18. The van der Waals surface area contributed by atoms with E-state index < -0.39 is 17.3 Å². The van der Waals surface area contributed by atoms with Crippen molar-refractivity contribution >= 4 is 67.8 Å². The molecule has 0 unspecified atom stereocenters. The third-order valence-electron chi connectivity index (χ3n) is 10.1. The molecule has 0 radical (unpaired) electrons. The van der Waals surface area contributed by atoms with E-state index in [1.54, 1.807) is 0 Å². The predicted octanol–water partition coefficient (Wildman–Crippen LogP) is 5.98. The van der Waals surface area contributed by atoms with Gasteiger partial charge in [-0.05, 0) is 60.1 Å². The number of nitrogens with zero attached hydrogens (tertiary/aromatic N) is 9. The summed E-state index contributed by atoms with van der Waals surface area (Å²) in [5.41, 5.74) is 5.10. The van der Waals surface area contributed by atoms with Crippen LogP contribution in [0.5, 0.6) is 0 Å². The maximum Gasteiger partial charge on any atom is 0.349 e. The molecule has 0 saturated heterocycles. The van der Waals surface area contributed by atoms with Gasteiger partial charge in [-0.15, -0.1) is 0 Å². The number of oxazole rings is 2.